The minimum absolute atomic E-state index is 0.0680. The van der Waals surface area contributed by atoms with Crippen LogP contribution < -0.4 is 0 Å². The van der Waals surface area contributed by atoms with Crippen LogP contribution in [0.1, 0.15) is 63.5 Å². The first kappa shape index (κ1) is 16.0. The van der Waals surface area contributed by atoms with Crippen LogP contribution in [0.25, 0.3) is 0 Å². The van der Waals surface area contributed by atoms with Gasteiger partial charge < -0.3 is 4.79 Å². The number of rotatable bonds is 6. The molecule has 1 heteroatoms. The van der Waals surface area contributed by atoms with Gasteiger partial charge in [-0.3, -0.25) is 0 Å². The van der Waals surface area contributed by atoms with E-state index in [4.69, 9.17) is 0 Å². The highest BCUT2D eigenvalue weighted by Crippen LogP contribution is 2.45. The zero-order chi connectivity index (χ0) is 15.3. The Morgan fingerprint density at radius 1 is 1.24 bits per heavy atom. The molecular weight excluding hydrogens is 256 g/mol. The van der Waals surface area contributed by atoms with E-state index in [-0.39, 0.29) is 5.41 Å². The van der Waals surface area contributed by atoms with E-state index in [9.17, 15) is 4.79 Å². The van der Waals surface area contributed by atoms with E-state index in [0.29, 0.717) is 12.3 Å². The van der Waals surface area contributed by atoms with Gasteiger partial charge in [-0.2, -0.15) is 0 Å². The Kier molecular flexibility index (Phi) is 5.39. The smallest absolute Gasteiger partial charge is 0.120 e. The first-order valence-electron chi connectivity index (χ1n) is 8.36. The van der Waals surface area contributed by atoms with Crippen molar-refractivity contribution in [1.82, 2.24) is 0 Å². The van der Waals surface area contributed by atoms with Gasteiger partial charge in [-0.15, -0.1) is 0 Å². The fourth-order valence-corrected chi connectivity index (χ4v) is 3.73. The van der Waals surface area contributed by atoms with Crippen LogP contribution in [0.5, 0.6) is 0 Å². The van der Waals surface area contributed by atoms with Crippen molar-refractivity contribution in [3.63, 3.8) is 0 Å². The van der Waals surface area contributed by atoms with Gasteiger partial charge in [-0.1, -0.05) is 50.3 Å². The number of allylic oxidation sites excluding steroid dienone is 1. The molecule has 0 bridgehead atoms. The van der Waals surface area contributed by atoms with E-state index in [1.54, 1.807) is 0 Å². The highest BCUT2D eigenvalue weighted by atomic mass is 16.1. The van der Waals surface area contributed by atoms with E-state index >= 15 is 0 Å². The Bertz CT molecular complexity index is 475. The quantitative estimate of drug-likeness (QED) is 0.516. The van der Waals surface area contributed by atoms with Crippen LogP contribution in [0.15, 0.2) is 36.4 Å². The van der Waals surface area contributed by atoms with Gasteiger partial charge in [0.25, 0.3) is 0 Å². The molecule has 0 radical (unpaired) electrons. The number of benzene rings is 1. The molecular formula is C20H28O. The molecule has 1 aromatic rings. The number of hydrogen-bond donors (Lipinski definition) is 0. The third-order valence-corrected chi connectivity index (χ3v) is 5.42. The summed E-state index contributed by atoms with van der Waals surface area (Å²) in [5, 5.41) is 0. The standard InChI is InChI=1S/C20H28O/c1-4-16(3)18-10-12-20(13-11-18,14-15-21)19-8-6-17(5-2)7-9-19/h6-9,15,18H,3-5,10-14H2,1-2H3. The lowest BCUT2D eigenvalue weighted by molar-refractivity contribution is -0.109. The summed E-state index contributed by atoms with van der Waals surface area (Å²) in [6, 6.07) is 8.94. The number of aryl methyl sites for hydroxylation is 1. The molecule has 0 heterocycles. The Morgan fingerprint density at radius 3 is 2.33 bits per heavy atom. The van der Waals surface area contributed by atoms with Crippen LogP contribution >= 0.6 is 0 Å². The zero-order valence-corrected chi connectivity index (χ0v) is 13.5. The summed E-state index contributed by atoms with van der Waals surface area (Å²) in [4.78, 5) is 11.2. The molecule has 0 aromatic heterocycles. The maximum atomic E-state index is 11.2. The highest BCUT2D eigenvalue weighted by molar-refractivity contribution is 5.54. The fraction of sp³-hybridized carbons (Fsp3) is 0.550. The number of aldehydes is 1. The van der Waals surface area contributed by atoms with Crippen LogP contribution in [0.4, 0.5) is 0 Å². The van der Waals surface area contributed by atoms with Crippen LogP contribution in [0.3, 0.4) is 0 Å². The Morgan fingerprint density at radius 2 is 1.86 bits per heavy atom. The van der Waals surface area contributed by atoms with Gasteiger partial charge in [0.15, 0.2) is 0 Å². The van der Waals surface area contributed by atoms with Crippen LogP contribution in [0, 0.1) is 5.92 Å². The summed E-state index contributed by atoms with van der Waals surface area (Å²) in [6.45, 7) is 8.59. The van der Waals surface area contributed by atoms with E-state index in [1.165, 1.54) is 29.5 Å². The lowest BCUT2D eigenvalue weighted by atomic mass is 9.64. The topological polar surface area (TPSA) is 17.1 Å². The summed E-state index contributed by atoms with van der Waals surface area (Å²) in [5.74, 6) is 0.657. The van der Waals surface area contributed by atoms with E-state index in [0.717, 1.165) is 32.0 Å². The van der Waals surface area contributed by atoms with Crippen molar-refractivity contribution in [2.45, 2.75) is 64.2 Å². The van der Waals surface area contributed by atoms with Crippen LogP contribution in [-0.2, 0) is 16.6 Å². The lowest BCUT2D eigenvalue weighted by Gasteiger charge is -2.40. The van der Waals surface area contributed by atoms with Crippen molar-refractivity contribution >= 4 is 6.29 Å². The normalized spacial score (nSPS) is 25.5. The molecule has 1 aliphatic rings. The van der Waals surface area contributed by atoms with Gasteiger partial charge in [0.2, 0.25) is 0 Å². The summed E-state index contributed by atoms with van der Waals surface area (Å²) in [7, 11) is 0. The van der Waals surface area contributed by atoms with E-state index in [1.807, 2.05) is 0 Å². The second-order valence-corrected chi connectivity index (χ2v) is 6.49. The minimum atomic E-state index is 0.0680. The monoisotopic (exact) mass is 284 g/mol. The number of carbonyl (C=O) groups excluding carboxylic acids is 1. The van der Waals surface area contributed by atoms with Crippen molar-refractivity contribution in [1.29, 1.82) is 0 Å². The maximum Gasteiger partial charge on any atom is 0.120 e. The number of carbonyl (C=O) groups is 1. The molecule has 0 atom stereocenters. The molecule has 21 heavy (non-hydrogen) atoms. The maximum absolute atomic E-state index is 11.2. The second kappa shape index (κ2) is 7.06. The van der Waals surface area contributed by atoms with Crippen molar-refractivity contribution in [2.75, 3.05) is 0 Å². The van der Waals surface area contributed by atoms with Gasteiger partial charge in [-0.25, -0.2) is 0 Å². The fourth-order valence-electron chi connectivity index (χ4n) is 3.73. The molecule has 1 fully saturated rings. The molecule has 2 rings (SSSR count). The molecule has 0 saturated heterocycles. The predicted octanol–water partition coefficient (Wildman–Crippen LogP) is 5.23. The van der Waals surface area contributed by atoms with Crippen molar-refractivity contribution in [3.8, 4) is 0 Å². The van der Waals surface area contributed by atoms with E-state index < -0.39 is 0 Å². The summed E-state index contributed by atoms with van der Waals surface area (Å²) in [5.41, 5.74) is 4.18. The second-order valence-electron chi connectivity index (χ2n) is 6.49. The molecule has 0 spiro atoms. The van der Waals surface area contributed by atoms with Gasteiger partial charge in [0.1, 0.15) is 6.29 Å². The van der Waals surface area contributed by atoms with Crippen molar-refractivity contribution in [2.24, 2.45) is 5.92 Å². The van der Waals surface area contributed by atoms with Crippen molar-refractivity contribution in [3.05, 3.63) is 47.5 Å². The zero-order valence-electron chi connectivity index (χ0n) is 13.5. The molecule has 1 aromatic carbocycles. The minimum Gasteiger partial charge on any atom is -0.303 e. The molecule has 0 aliphatic heterocycles. The van der Waals surface area contributed by atoms with Gasteiger partial charge >= 0.3 is 0 Å². The van der Waals surface area contributed by atoms with E-state index in [2.05, 4.69) is 44.7 Å². The molecule has 0 unspecified atom stereocenters. The SMILES string of the molecule is C=C(CC)C1CCC(CC=O)(c2ccc(CC)cc2)CC1. The molecule has 1 aliphatic carbocycles. The average Bonchev–Trinajstić information content (AvgIpc) is 2.55. The lowest BCUT2D eigenvalue weighted by Crippen LogP contribution is -2.32. The van der Waals surface area contributed by atoms with Gasteiger partial charge in [0, 0.05) is 11.8 Å². The highest BCUT2D eigenvalue weighted by Gasteiger charge is 2.36. The Hall–Kier alpha value is -1.37. The first-order chi connectivity index (χ1) is 10.1. The third kappa shape index (κ3) is 3.45. The third-order valence-electron chi connectivity index (χ3n) is 5.42. The molecule has 114 valence electrons. The molecule has 1 saturated carbocycles. The summed E-state index contributed by atoms with van der Waals surface area (Å²) < 4.78 is 0. The molecule has 1 nitrogen and oxygen atoms in total. The molecule has 0 amide bonds. The van der Waals surface area contributed by atoms with Crippen LogP contribution in [0.2, 0.25) is 0 Å². The predicted molar refractivity (Wildman–Crippen MR) is 89.6 cm³/mol. The van der Waals surface area contributed by atoms with Gasteiger partial charge in [-0.05, 0) is 55.6 Å². The number of hydrogen-bond acceptors (Lipinski definition) is 1. The van der Waals surface area contributed by atoms with Crippen molar-refractivity contribution < 1.29 is 4.79 Å². The first-order valence-corrected chi connectivity index (χ1v) is 8.36. The Labute approximate surface area is 129 Å². The largest absolute Gasteiger partial charge is 0.303 e. The summed E-state index contributed by atoms with van der Waals surface area (Å²) in [6.07, 6.45) is 8.50. The summed E-state index contributed by atoms with van der Waals surface area (Å²) >= 11 is 0. The Balaban J connectivity index is 2.18. The van der Waals surface area contributed by atoms with Crippen LogP contribution in [-0.4, -0.2) is 6.29 Å². The van der Waals surface area contributed by atoms with Gasteiger partial charge in [0.05, 0.1) is 0 Å². The molecule has 0 N–H and O–H groups in total. The average molecular weight is 284 g/mol.